The largest absolute Gasteiger partial charge is 0.370 e. The summed E-state index contributed by atoms with van der Waals surface area (Å²) in [5.41, 5.74) is 12.6. The third kappa shape index (κ3) is 4.57. The van der Waals surface area contributed by atoms with Crippen molar-refractivity contribution in [2.75, 3.05) is 0 Å². The lowest BCUT2D eigenvalue weighted by Crippen LogP contribution is -2.15. The highest BCUT2D eigenvalue weighted by Gasteiger charge is 2.15. The molecule has 0 rings (SSSR count). The average molecular weight is 272 g/mol. The third-order valence-electron chi connectivity index (χ3n) is 2.85. The van der Waals surface area contributed by atoms with Gasteiger partial charge in [0.15, 0.2) is 0 Å². The Labute approximate surface area is 119 Å². The van der Waals surface area contributed by atoms with E-state index in [0.29, 0.717) is 34.3 Å². The van der Waals surface area contributed by atoms with E-state index in [0.717, 1.165) is 0 Å². The molecule has 0 saturated heterocycles. The molecule has 20 heavy (non-hydrogen) atoms. The van der Waals surface area contributed by atoms with Gasteiger partial charge in [-0.15, -0.1) is 0 Å². The van der Waals surface area contributed by atoms with Crippen LogP contribution in [0.25, 0.3) is 0 Å². The van der Waals surface area contributed by atoms with Crippen molar-refractivity contribution in [3.05, 3.63) is 72.9 Å². The van der Waals surface area contributed by atoms with Crippen LogP contribution < -0.4 is 11.5 Å². The van der Waals surface area contributed by atoms with E-state index in [9.17, 15) is 9.59 Å². The van der Waals surface area contributed by atoms with Gasteiger partial charge < -0.3 is 11.5 Å². The number of hydrogen-bond acceptors (Lipinski definition) is 2. The summed E-state index contributed by atoms with van der Waals surface area (Å²) < 4.78 is 0. The van der Waals surface area contributed by atoms with E-state index in [2.05, 4.69) is 39.5 Å². The molecule has 106 valence electrons. The van der Waals surface area contributed by atoms with Gasteiger partial charge >= 0.3 is 0 Å². The monoisotopic (exact) mass is 272 g/mol. The summed E-state index contributed by atoms with van der Waals surface area (Å²) >= 11 is 0. The Kier molecular flexibility index (Phi) is 6.16. The number of rotatable bonds is 9. The van der Waals surface area contributed by atoms with Gasteiger partial charge in [0.2, 0.25) is 11.8 Å². The number of allylic oxidation sites excluding steroid dienone is 4. The van der Waals surface area contributed by atoms with Crippen LogP contribution in [0.2, 0.25) is 0 Å². The zero-order chi connectivity index (χ0) is 16.0. The molecular formula is C16H20N2O2. The van der Waals surface area contributed by atoms with Crippen molar-refractivity contribution >= 4 is 11.8 Å². The van der Waals surface area contributed by atoms with Crippen molar-refractivity contribution in [2.24, 2.45) is 11.5 Å². The fourth-order valence-electron chi connectivity index (χ4n) is 1.33. The maximum atomic E-state index is 11.0. The summed E-state index contributed by atoms with van der Waals surface area (Å²) in [6.07, 6.45) is 0.552. The van der Waals surface area contributed by atoms with Crippen LogP contribution in [0.5, 0.6) is 0 Å². The molecule has 4 nitrogen and oxygen atoms in total. The van der Waals surface area contributed by atoms with Crippen LogP contribution in [-0.4, -0.2) is 11.8 Å². The zero-order valence-corrected chi connectivity index (χ0v) is 11.6. The fourth-order valence-corrected chi connectivity index (χ4v) is 1.33. The lowest BCUT2D eigenvalue weighted by Gasteiger charge is -2.16. The van der Waals surface area contributed by atoms with Crippen molar-refractivity contribution in [3.8, 4) is 0 Å². The maximum Gasteiger partial charge on any atom is 0.248 e. The van der Waals surface area contributed by atoms with Crippen LogP contribution in [-0.2, 0) is 9.59 Å². The third-order valence-corrected chi connectivity index (χ3v) is 2.85. The summed E-state index contributed by atoms with van der Waals surface area (Å²) in [7, 11) is 0. The first-order valence-corrected chi connectivity index (χ1v) is 5.81. The van der Waals surface area contributed by atoms with Crippen LogP contribution in [0.15, 0.2) is 72.9 Å². The molecule has 0 spiro atoms. The summed E-state index contributed by atoms with van der Waals surface area (Å²) in [6.45, 7) is 22.5. The standard InChI is InChI=1S/C16H20N2O2/c1-9(7-8-15(17)19)10(2)11(3)12(4)13(5)14(6)16(18)20/h1-8H2,(H2,17,19)(H2,18,20). The van der Waals surface area contributed by atoms with E-state index in [1.807, 2.05) is 0 Å². The lowest BCUT2D eigenvalue weighted by molar-refractivity contribution is -0.118. The van der Waals surface area contributed by atoms with Crippen molar-refractivity contribution in [2.45, 2.75) is 12.8 Å². The molecule has 0 aromatic rings. The van der Waals surface area contributed by atoms with Crippen LogP contribution in [0.1, 0.15) is 12.8 Å². The lowest BCUT2D eigenvalue weighted by atomic mass is 9.88. The highest BCUT2D eigenvalue weighted by Crippen LogP contribution is 2.29. The molecule has 0 fully saturated rings. The first-order chi connectivity index (χ1) is 9.09. The van der Waals surface area contributed by atoms with E-state index in [4.69, 9.17) is 11.5 Å². The van der Waals surface area contributed by atoms with E-state index in [1.54, 1.807) is 0 Å². The highest BCUT2D eigenvalue weighted by molar-refractivity contribution is 5.97. The molecule has 0 aromatic heterocycles. The van der Waals surface area contributed by atoms with E-state index < -0.39 is 11.8 Å². The Morgan fingerprint density at radius 1 is 0.650 bits per heavy atom. The molecule has 0 saturated carbocycles. The number of amides is 2. The number of hydrogen-bond donors (Lipinski definition) is 2. The van der Waals surface area contributed by atoms with Crippen LogP contribution >= 0.6 is 0 Å². The predicted octanol–water partition coefficient (Wildman–Crippen LogP) is 2.07. The molecule has 0 unspecified atom stereocenters. The molecule has 4 N–H and O–H groups in total. The minimum Gasteiger partial charge on any atom is -0.370 e. The predicted molar refractivity (Wildman–Crippen MR) is 82.5 cm³/mol. The Morgan fingerprint density at radius 2 is 1.05 bits per heavy atom. The second-order valence-corrected chi connectivity index (χ2v) is 4.33. The first-order valence-electron chi connectivity index (χ1n) is 5.81. The summed E-state index contributed by atoms with van der Waals surface area (Å²) in [5, 5.41) is 0. The Morgan fingerprint density at radius 3 is 1.45 bits per heavy atom. The Bertz CT molecular complexity index is 551. The Hall–Kier alpha value is -2.62. The second kappa shape index (κ2) is 7.09. The van der Waals surface area contributed by atoms with Crippen molar-refractivity contribution in [1.29, 1.82) is 0 Å². The van der Waals surface area contributed by atoms with Gasteiger partial charge in [0.05, 0.1) is 0 Å². The average Bonchev–Trinajstić information content (AvgIpc) is 2.40. The molecule has 0 bridgehead atoms. The molecule has 4 heteroatoms. The molecule has 0 aliphatic carbocycles. The van der Waals surface area contributed by atoms with Gasteiger partial charge in [-0.1, -0.05) is 39.5 Å². The minimum absolute atomic E-state index is 0.0618. The zero-order valence-electron chi connectivity index (χ0n) is 11.6. The summed E-state index contributed by atoms with van der Waals surface area (Å²) in [4.78, 5) is 21.8. The van der Waals surface area contributed by atoms with Crippen molar-refractivity contribution in [3.63, 3.8) is 0 Å². The van der Waals surface area contributed by atoms with E-state index in [1.165, 1.54) is 0 Å². The van der Waals surface area contributed by atoms with Gasteiger partial charge in [-0.2, -0.15) is 0 Å². The van der Waals surface area contributed by atoms with Gasteiger partial charge in [0, 0.05) is 12.0 Å². The van der Waals surface area contributed by atoms with Crippen LogP contribution in [0.3, 0.4) is 0 Å². The molecule has 0 radical (unpaired) electrons. The normalized spacial score (nSPS) is 9.40. The minimum atomic E-state index is -0.679. The van der Waals surface area contributed by atoms with Gasteiger partial charge in [0.1, 0.15) is 0 Å². The summed E-state index contributed by atoms with van der Waals surface area (Å²) in [6, 6.07) is 0. The Balaban J connectivity index is 4.86. The van der Waals surface area contributed by atoms with Crippen molar-refractivity contribution in [1.82, 2.24) is 0 Å². The van der Waals surface area contributed by atoms with Gasteiger partial charge in [0.25, 0.3) is 0 Å². The number of carbonyl (C=O) groups is 2. The number of primary amides is 2. The van der Waals surface area contributed by atoms with Crippen LogP contribution in [0, 0.1) is 0 Å². The quantitative estimate of drug-likeness (QED) is 0.497. The fraction of sp³-hybridized carbons (Fsp3) is 0.125. The van der Waals surface area contributed by atoms with Crippen LogP contribution in [0.4, 0.5) is 0 Å². The molecular weight excluding hydrogens is 252 g/mol. The molecule has 0 atom stereocenters. The molecule has 0 aliphatic heterocycles. The smallest absolute Gasteiger partial charge is 0.248 e. The number of nitrogens with two attached hydrogens (primary N) is 2. The first kappa shape index (κ1) is 17.4. The molecule has 2 amide bonds. The second-order valence-electron chi connectivity index (χ2n) is 4.33. The maximum absolute atomic E-state index is 11.0. The van der Waals surface area contributed by atoms with E-state index in [-0.39, 0.29) is 12.0 Å². The van der Waals surface area contributed by atoms with Crippen molar-refractivity contribution < 1.29 is 9.59 Å². The SMILES string of the molecule is C=C(CCC(N)=O)C(=C)C(=C)C(=C)C(=C)C(=C)C(N)=O. The highest BCUT2D eigenvalue weighted by atomic mass is 16.1. The molecule has 0 heterocycles. The van der Waals surface area contributed by atoms with Gasteiger partial charge in [-0.3, -0.25) is 9.59 Å². The van der Waals surface area contributed by atoms with Gasteiger partial charge in [-0.05, 0) is 34.3 Å². The molecule has 0 aliphatic rings. The molecule has 0 aromatic carbocycles. The van der Waals surface area contributed by atoms with Gasteiger partial charge in [-0.25, -0.2) is 0 Å². The summed E-state index contributed by atoms with van der Waals surface area (Å²) in [5.74, 6) is -1.10. The van der Waals surface area contributed by atoms with E-state index >= 15 is 0 Å². The topological polar surface area (TPSA) is 86.2 Å². The number of carbonyl (C=O) groups excluding carboxylic acids is 2.